The van der Waals surface area contributed by atoms with Gasteiger partial charge in [-0.15, -0.1) is 0 Å². The number of rotatable bonds is 10. The highest BCUT2D eigenvalue weighted by molar-refractivity contribution is 5.83. The van der Waals surface area contributed by atoms with E-state index in [1.165, 1.54) is 12.8 Å². The van der Waals surface area contributed by atoms with Crippen molar-refractivity contribution in [2.45, 2.75) is 84.6 Å². The van der Waals surface area contributed by atoms with Gasteiger partial charge in [-0.05, 0) is 19.3 Å². The zero-order chi connectivity index (χ0) is 21.1. The lowest BCUT2D eigenvalue weighted by Gasteiger charge is -2.08. The Morgan fingerprint density at radius 1 is 1.04 bits per heavy atom. The number of carbonyl (C=O) groups is 4. The summed E-state index contributed by atoms with van der Waals surface area (Å²) in [6, 6.07) is -0.715. The lowest BCUT2D eigenvalue weighted by Crippen LogP contribution is -2.35. The van der Waals surface area contributed by atoms with E-state index in [9.17, 15) is 19.2 Å². The van der Waals surface area contributed by atoms with Gasteiger partial charge < -0.3 is 20.8 Å². The fraction of sp³-hybridized carbons (Fsp3) is 0.789. The van der Waals surface area contributed by atoms with Gasteiger partial charge in [-0.1, -0.05) is 59.3 Å². The summed E-state index contributed by atoms with van der Waals surface area (Å²) in [5.74, 6) is -1.99. The van der Waals surface area contributed by atoms with E-state index in [4.69, 9.17) is 10.2 Å². The fourth-order valence-electron chi connectivity index (χ4n) is 2.26. The third-order valence-corrected chi connectivity index (χ3v) is 4.05. The Kier molecular flexibility index (Phi) is 18.7. The van der Waals surface area contributed by atoms with Crippen molar-refractivity contribution in [3.05, 3.63) is 0 Å². The zero-order valence-electron chi connectivity index (χ0n) is 16.8. The number of nitrogens with one attached hydrogen (secondary N) is 2. The van der Waals surface area contributed by atoms with Crippen LogP contribution in [0.2, 0.25) is 0 Å². The van der Waals surface area contributed by atoms with Crippen molar-refractivity contribution in [3.8, 4) is 0 Å². The molecule has 0 aliphatic heterocycles. The van der Waals surface area contributed by atoms with Crippen LogP contribution in [0.25, 0.3) is 0 Å². The average Bonchev–Trinajstić information content (AvgIpc) is 3.18. The molecule has 0 aromatic rings. The maximum absolute atomic E-state index is 11.2. The van der Waals surface area contributed by atoms with Crippen LogP contribution >= 0.6 is 0 Å². The number of carbonyl (C=O) groups excluding carboxylic acids is 2. The van der Waals surface area contributed by atoms with Crippen LogP contribution < -0.4 is 10.6 Å². The highest BCUT2D eigenvalue weighted by Crippen LogP contribution is 2.24. The molecule has 0 radical (unpaired) electrons. The SMILES string of the molecule is CCCC.CCCCC(NC=O)C(=O)O.O=C(O)CNC(=O)C1CCCC1. The van der Waals surface area contributed by atoms with Crippen LogP contribution in [-0.4, -0.2) is 47.1 Å². The predicted octanol–water partition coefficient (Wildman–Crippen LogP) is 2.56. The number of carboxylic acids is 2. The highest BCUT2D eigenvalue weighted by Gasteiger charge is 2.22. The lowest BCUT2D eigenvalue weighted by molar-refractivity contribution is -0.140. The molecule has 0 aromatic carbocycles. The van der Waals surface area contributed by atoms with Crippen molar-refractivity contribution in [1.29, 1.82) is 0 Å². The summed E-state index contributed by atoms with van der Waals surface area (Å²) in [7, 11) is 0. The molecule has 0 bridgehead atoms. The molecule has 158 valence electrons. The molecule has 0 aromatic heterocycles. The topological polar surface area (TPSA) is 133 Å². The molecule has 27 heavy (non-hydrogen) atoms. The van der Waals surface area contributed by atoms with Crippen LogP contribution in [0, 0.1) is 5.92 Å². The van der Waals surface area contributed by atoms with Crippen LogP contribution in [0.4, 0.5) is 0 Å². The maximum atomic E-state index is 11.2. The average molecular weight is 389 g/mol. The summed E-state index contributed by atoms with van der Waals surface area (Å²) in [4.78, 5) is 41.6. The summed E-state index contributed by atoms with van der Waals surface area (Å²) < 4.78 is 0. The second kappa shape index (κ2) is 18.7. The molecule has 1 unspecified atom stereocenters. The monoisotopic (exact) mass is 388 g/mol. The van der Waals surface area contributed by atoms with E-state index >= 15 is 0 Å². The maximum Gasteiger partial charge on any atom is 0.326 e. The van der Waals surface area contributed by atoms with E-state index < -0.39 is 18.0 Å². The number of hydrogen-bond acceptors (Lipinski definition) is 4. The zero-order valence-corrected chi connectivity index (χ0v) is 16.8. The predicted molar refractivity (Wildman–Crippen MR) is 103 cm³/mol. The summed E-state index contributed by atoms with van der Waals surface area (Å²) in [6.45, 7) is 6.08. The lowest BCUT2D eigenvalue weighted by atomic mass is 10.1. The minimum Gasteiger partial charge on any atom is -0.480 e. The van der Waals surface area contributed by atoms with Crippen LogP contribution in [0.15, 0.2) is 0 Å². The molecule has 0 heterocycles. The molecule has 8 nitrogen and oxygen atoms in total. The van der Waals surface area contributed by atoms with E-state index in [1.54, 1.807) is 0 Å². The molecule has 1 rings (SSSR count). The Balaban J connectivity index is 0. The molecule has 2 amide bonds. The first-order valence-corrected chi connectivity index (χ1v) is 9.75. The van der Waals surface area contributed by atoms with Crippen molar-refractivity contribution in [2.24, 2.45) is 5.92 Å². The van der Waals surface area contributed by atoms with Gasteiger partial charge >= 0.3 is 11.9 Å². The summed E-state index contributed by atoms with van der Waals surface area (Å²) in [5.41, 5.74) is 0. The molecule has 4 N–H and O–H groups in total. The van der Waals surface area contributed by atoms with Gasteiger partial charge in [0.1, 0.15) is 12.6 Å². The van der Waals surface area contributed by atoms with Crippen LogP contribution in [0.5, 0.6) is 0 Å². The van der Waals surface area contributed by atoms with E-state index in [-0.39, 0.29) is 18.4 Å². The van der Waals surface area contributed by atoms with Gasteiger partial charge in [0.15, 0.2) is 0 Å². The molecule has 1 saturated carbocycles. The van der Waals surface area contributed by atoms with E-state index in [0.717, 1.165) is 38.5 Å². The van der Waals surface area contributed by atoms with E-state index in [0.29, 0.717) is 12.8 Å². The number of carboxylic acid groups (broad SMARTS) is 2. The number of aliphatic carboxylic acids is 2. The van der Waals surface area contributed by atoms with Crippen molar-refractivity contribution in [1.82, 2.24) is 10.6 Å². The van der Waals surface area contributed by atoms with Crippen molar-refractivity contribution in [2.75, 3.05) is 6.54 Å². The summed E-state index contributed by atoms with van der Waals surface area (Å²) >= 11 is 0. The Morgan fingerprint density at radius 3 is 1.96 bits per heavy atom. The van der Waals surface area contributed by atoms with Crippen LogP contribution in [0.3, 0.4) is 0 Å². The largest absolute Gasteiger partial charge is 0.480 e. The second-order valence-corrected chi connectivity index (χ2v) is 6.41. The van der Waals surface area contributed by atoms with E-state index in [1.807, 2.05) is 6.92 Å². The van der Waals surface area contributed by atoms with Gasteiger partial charge in [0, 0.05) is 5.92 Å². The van der Waals surface area contributed by atoms with E-state index in [2.05, 4.69) is 24.5 Å². The van der Waals surface area contributed by atoms with Crippen LogP contribution in [-0.2, 0) is 19.2 Å². The first-order chi connectivity index (χ1) is 12.8. The number of amides is 2. The van der Waals surface area contributed by atoms with Gasteiger partial charge in [-0.25, -0.2) is 4.79 Å². The molecule has 1 aliphatic carbocycles. The van der Waals surface area contributed by atoms with Gasteiger partial charge in [0.05, 0.1) is 0 Å². The normalized spacial score (nSPS) is 13.9. The van der Waals surface area contributed by atoms with Gasteiger partial charge in [0.25, 0.3) is 0 Å². The molecular formula is C19H36N2O6. The molecule has 1 aliphatic rings. The molecular weight excluding hydrogens is 352 g/mol. The Hall–Kier alpha value is -2.12. The smallest absolute Gasteiger partial charge is 0.326 e. The Bertz CT molecular complexity index is 420. The summed E-state index contributed by atoms with van der Waals surface area (Å²) in [6.07, 6.45) is 9.31. The molecule has 1 fully saturated rings. The molecule has 8 heteroatoms. The van der Waals surface area contributed by atoms with Crippen molar-refractivity contribution in [3.63, 3.8) is 0 Å². The van der Waals surface area contributed by atoms with Gasteiger partial charge in [-0.2, -0.15) is 0 Å². The standard InChI is InChI=1S/C8H13NO3.C7H13NO3.C4H10/c10-7(11)5-9-8(12)6-3-1-2-4-6;1-2-3-4-6(7(10)11)8-5-9;1-3-4-2/h6H,1-5H2,(H,9,12)(H,10,11);5-6H,2-4H2,1H3,(H,8,9)(H,10,11);3-4H2,1-2H3. The molecule has 0 saturated heterocycles. The highest BCUT2D eigenvalue weighted by atomic mass is 16.4. The van der Waals surface area contributed by atoms with Crippen LogP contribution in [0.1, 0.15) is 78.6 Å². The first kappa shape index (κ1) is 27.1. The van der Waals surface area contributed by atoms with Crippen molar-refractivity contribution < 1.29 is 29.4 Å². The third kappa shape index (κ3) is 17.1. The minimum absolute atomic E-state index is 0.0596. The fourth-order valence-corrected chi connectivity index (χ4v) is 2.26. The quantitative estimate of drug-likeness (QED) is 0.425. The Morgan fingerprint density at radius 2 is 1.59 bits per heavy atom. The minimum atomic E-state index is -0.985. The van der Waals surface area contributed by atoms with Gasteiger partial charge in [0.2, 0.25) is 12.3 Å². The number of unbranched alkanes of at least 4 members (excludes halogenated alkanes) is 2. The van der Waals surface area contributed by atoms with Crippen molar-refractivity contribution >= 4 is 24.3 Å². The molecule has 0 spiro atoms. The molecule has 1 atom stereocenters. The second-order valence-electron chi connectivity index (χ2n) is 6.41. The first-order valence-electron chi connectivity index (χ1n) is 9.75. The third-order valence-electron chi connectivity index (χ3n) is 4.05. The van der Waals surface area contributed by atoms with Gasteiger partial charge in [-0.3, -0.25) is 14.4 Å². The number of hydrogen-bond donors (Lipinski definition) is 4. The Labute approximate surface area is 162 Å². The summed E-state index contributed by atoms with van der Waals surface area (Å²) in [5, 5.41) is 21.4.